The second-order valence-corrected chi connectivity index (χ2v) is 6.37. The molecule has 0 saturated heterocycles. The largest absolute Gasteiger partial charge is 0.496 e. The van der Waals surface area contributed by atoms with Crippen LogP contribution in [0.2, 0.25) is 10.0 Å². The summed E-state index contributed by atoms with van der Waals surface area (Å²) >= 11 is 12.2. The molecule has 0 unspecified atom stereocenters. The smallest absolute Gasteiger partial charge is 0.307 e. The van der Waals surface area contributed by atoms with E-state index in [0.717, 1.165) is 11.1 Å². The van der Waals surface area contributed by atoms with Crippen LogP contribution >= 0.6 is 23.2 Å². The van der Waals surface area contributed by atoms with Crippen LogP contribution in [0, 0.1) is 0 Å². The lowest BCUT2D eigenvalue weighted by Crippen LogP contribution is -2.16. The molecule has 1 aromatic heterocycles. The molecule has 1 heterocycles. The monoisotopic (exact) mass is 418 g/mol. The van der Waals surface area contributed by atoms with E-state index in [9.17, 15) is 4.79 Å². The molecule has 3 rings (SSSR count). The highest BCUT2D eigenvalue weighted by Crippen LogP contribution is 2.32. The molecule has 0 bridgehead atoms. The van der Waals surface area contributed by atoms with E-state index in [1.165, 1.54) is 12.5 Å². The summed E-state index contributed by atoms with van der Waals surface area (Å²) in [6.45, 7) is 0.212. The summed E-state index contributed by atoms with van der Waals surface area (Å²) in [6, 6.07) is 13.8. The molecule has 3 aromatic rings. The van der Waals surface area contributed by atoms with Gasteiger partial charge in [-0.1, -0.05) is 29.3 Å². The highest BCUT2D eigenvalue weighted by Gasteiger charge is 2.09. The first kappa shape index (κ1) is 19.8. The number of halogens is 2. The molecular weight excluding hydrogens is 403 g/mol. The Morgan fingerprint density at radius 1 is 1.18 bits per heavy atom. The van der Waals surface area contributed by atoms with E-state index >= 15 is 0 Å². The number of methoxy groups -OCH3 is 1. The molecule has 0 atom stereocenters. The SMILES string of the molecule is COc1ccc(/C=N\NC(=O)c2ccco2)cc1COc1cccc(Cl)c1Cl. The van der Waals surface area contributed by atoms with E-state index in [1.54, 1.807) is 49.6 Å². The summed E-state index contributed by atoms with van der Waals surface area (Å²) in [5, 5.41) is 4.70. The van der Waals surface area contributed by atoms with Crippen molar-refractivity contribution in [2.45, 2.75) is 6.61 Å². The van der Waals surface area contributed by atoms with Crippen molar-refractivity contribution in [3.63, 3.8) is 0 Å². The summed E-state index contributed by atoms with van der Waals surface area (Å²) in [4.78, 5) is 11.8. The van der Waals surface area contributed by atoms with Gasteiger partial charge in [0.25, 0.3) is 0 Å². The fourth-order valence-corrected chi connectivity index (χ4v) is 2.72. The van der Waals surface area contributed by atoms with Gasteiger partial charge in [0.1, 0.15) is 23.1 Å². The number of nitrogens with zero attached hydrogens (tertiary/aromatic N) is 1. The van der Waals surface area contributed by atoms with Crippen LogP contribution in [0.4, 0.5) is 0 Å². The zero-order chi connectivity index (χ0) is 19.9. The first-order valence-electron chi connectivity index (χ1n) is 8.19. The van der Waals surface area contributed by atoms with Crippen molar-refractivity contribution in [3.05, 3.63) is 81.7 Å². The van der Waals surface area contributed by atoms with Crippen molar-refractivity contribution in [2.24, 2.45) is 5.10 Å². The molecular formula is C20H16Cl2N2O4. The predicted octanol–water partition coefficient (Wildman–Crippen LogP) is 4.94. The number of amides is 1. The first-order chi connectivity index (χ1) is 13.6. The molecule has 8 heteroatoms. The normalized spacial score (nSPS) is 10.8. The molecule has 0 spiro atoms. The van der Waals surface area contributed by atoms with Crippen LogP contribution in [0.15, 0.2) is 64.3 Å². The van der Waals surface area contributed by atoms with Crippen molar-refractivity contribution in [2.75, 3.05) is 7.11 Å². The molecule has 6 nitrogen and oxygen atoms in total. The minimum absolute atomic E-state index is 0.180. The predicted molar refractivity (Wildman–Crippen MR) is 108 cm³/mol. The zero-order valence-electron chi connectivity index (χ0n) is 14.8. The number of carbonyl (C=O) groups excluding carboxylic acids is 1. The summed E-state index contributed by atoms with van der Waals surface area (Å²) in [7, 11) is 1.57. The average Bonchev–Trinajstić information content (AvgIpc) is 3.24. The molecule has 144 valence electrons. The Balaban J connectivity index is 1.70. The van der Waals surface area contributed by atoms with Gasteiger partial charge in [-0.05, 0) is 48.0 Å². The Labute approximate surface area is 171 Å². The molecule has 1 N–H and O–H groups in total. The molecule has 0 aliphatic rings. The van der Waals surface area contributed by atoms with Gasteiger partial charge in [0, 0.05) is 5.56 Å². The van der Waals surface area contributed by atoms with E-state index in [4.69, 9.17) is 37.1 Å². The minimum Gasteiger partial charge on any atom is -0.496 e. The Morgan fingerprint density at radius 3 is 2.79 bits per heavy atom. The van der Waals surface area contributed by atoms with Crippen LogP contribution in [-0.2, 0) is 6.61 Å². The Bertz CT molecular complexity index is 988. The number of hydrazone groups is 1. The topological polar surface area (TPSA) is 73.1 Å². The van der Waals surface area contributed by atoms with Crippen LogP contribution in [0.25, 0.3) is 0 Å². The van der Waals surface area contributed by atoms with Gasteiger partial charge >= 0.3 is 5.91 Å². The number of rotatable bonds is 7. The van der Waals surface area contributed by atoms with Gasteiger partial charge in [0.2, 0.25) is 0 Å². The van der Waals surface area contributed by atoms with E-state index in [0.29, 0.717) is 21.5 Å². The van der Waals surface area contributed by atoms with E-state index in [1.807, 2.05) is 6.07 Å². The van der Waals surface area contributed by atoms with Crippen molar-refractivity contribution in [1.82, 2.24) is 5.43 Å². The fourth-order valence-electron chi connectivity index (χ4n) is 2.37. The molecule has 28 heavy (non-hydrogen) atoms. The van der Waals surface area contributed by atoms with Crippen molar-refractivity contribution >= 4 is 35.3 Å². The fraction of sp³-hybridized carbons (Fsp3) is 0.100. The third-order valence-electron chi connectivity index (χ3n) is 3.73. The number of hydrogen-bond donors (Lipinski definition) is 1. The molecule has 0 radical (unpaired) electrons. The number of ether oxygens (including phenoxy) is 2. The van der Waals surface area contributed by atoms with Crippen LogP contribution in [0.3, 0.4) is 0 Å². The number of carbonyl (C=O) groups is 1. The number of furan rings is 1. The van der Waals surface area contributed by atoms with E-state index < -0.39 is 5.91 Å². The van der Waals surface area contributed by atoms with Crippen LogP contribution < -0.4 is 14.9 Å². The van der Waals surface area contributed by atoms with Gasteiger partial charge in [0.05, 0.1) is 24.6 Å². The summed E-state index contributed by atoms with van der Waals surface area (Å²) in [5.41, 5.74) is 3.92. The second kappa shape index (κ2) is 9.30. The lowest BCUT2D eigenvalue weighted by atomic mass is 10.1. The maximum Gasteiger partial charge on any atom is 0.307 e. The summed E-state index contributed by atoms with van der Waals surface area (Å²) < 4.78 is 16.1. The van der Waals surface area contributed by atoms with Gasteiger partial charge in [-0.3, -0.25) is 4.79 Å². The number of nitrogens with one attached hydrogen (secondary N) is 1. The first-order valence-corrected chi connectivity index (χ1v) is 8.94. The van der Waals surface area contributed by atoms with Crippen molar-refractivity contribution in [1.29, 1.82) is 0 Å². The Hall–Kier alpha value is -2.96. The van der Waals surface area contributed by atoms with E-state index in [-0.39, 0.29) is 12.4 Å². The maximum atomic E-state index is 11.8. The van der Waals surface area contributed by atoms with Gasteiger partial charge in [-0.25, -0.2) is 5.43 Å². The van der Waals surface area contributed by atoms with Crippen LogP contribution in [-0.4, -0.2) is 19.2 Å². The minimum atomic E-state index is -0.436. The van der Waals surface area contributed by atoms with Gasteiger partial charge < -0.3 is 13.9 Å². The Kier molecular flexibility index (Phi) is 6.57. The number of benzene rings is 2. The van der Waals surface area contributed by atoms with Crippen molar-refractivity contribution < 1.29 is 18.7 Å². The highest BCUT2D eigenvalue weighted by atomic mass is 35.5. The van der Waals surface area contributed by atoms with Crippen molar-refractivity contribution in [3.8, 4) is 11.5 Å². The zero-order valence-corrected chi connectivity index (χ0v) is 16.3. The average molecular weight is 419 g/mol. The highest BCUT2D eigenvalue weighted by molar-refractivity contribution is 6.42. The molecule has 0 aliphatic heterocycles. The van der Waals surface area contributed by atoms with Crippen LogP contribution in [0.5, 0.6) is 11.5 Å². The molecule has 0 aliphatic carbocycles. The Morgan fingerprint density at radius 2 is 2.04 bits per heavy atom. The summed E-state index contributed by atoms with van der Waals surface area (Å²) in [6.07, 6.45) is 2.93. The van der Waals surface area contributed by atoms with Gasteiger partial charge in [0.15, 0.2) is 5.76 Å². The third-order valence-corrected chi connectivity index (χ3v) is 4.53. The molecule has 0 saturated carbocycles. The summed E-state index contributed by atoms with van der Waals surface area (Å²) in [5.74, 6) is 0.865. The quantitative estimate of drug-likeness (QED) is 0.435. The lowest BCUT2D eigenvalue weighted by Gasteiger charge is -2.12. The molecule has 2 aromatic carbocycles. The number of hydrogen-bond acceptors (Lipinski definition) is 5. The van der Waals surface area contributed by atoms with E-state index in [2.05, 4.69) is 10.5 Å². The van der Waals surface area contributed by atoms with Crippen LogP contribution in [0.1, 0.15) is 21.7 Å². The maximum absolute atomic E-state index is 11.8. The van der Waals surface area contributed by atoms with Gasteiger partial charge in [-0.15, -0.1) is 0 Å². The standard InChI is InChI=1S/C20H16Cl2N2O4/c1-26-16-8-7-13(11-23-24-20(25)18-6-3-9-27-18)10-14(16)12-28-17-5-2-4-15(21)19(17)22/h2-11H,12H2,1H3,(H,24,25)/b23-11-. The second-order valence-electron chi connectivity index (χ2n) is 5.59. The molecule has 0 fully saturated rings. The van der Waals surface area contributed by atoms with Gasteiger partial charge in [-0.2, -0.15) is 5.10 Å². The third kappa shape index (κ3) is 4.85. The lowest BCUT2D eigenvalue weighted by molar-refractivity contribution is 0.0927. The molecule has 1 amide bonds.